The second-order valence-corrected chi connectivity index (χ2v) is 10.3. The molecule has 11 heteroatoms. The molecule has 1 heterocycles. The second kappa shape index (κ2) is 12.6. The molecule has 4 N–H and O–H groups in total. The lowest BCUT2D eigenvalue weighted by Gasteiger charge is -2.16. The maximum atomic E-state index is 12.7. The van der Waals surface area contributed by atoms with Gasteiger partial charge in [0.05, 0.1) is 10.5 Å². The Balaban J connectivity index is 1.53. The monoisotopic (exact) mass is 524 g/mol. The number of benzene rings is 2. The first-order valence-corrected chi connectivity index (χ1v) is 13.4. The van der Waals surface area contributed by atoms with Crippen LogP contribution in [0.4, 0.5) is 11.5 Å². The number of sulfone groups is 1. The first-order chi connectivity index (χ1) is 17.6. The molecule has 0 bridgehead atoms. The summed E-state index contributed by atoms with van der Waals surface area (Å²) in [7, 11) is -3.68. The molecule has 0 fully saturated rings. The van der Waals surface area contributed by atoms with Crippen molar-refractivity contribution in [2.24, 2.45) is 0 Å². The molecule has 37 heavy (non-hydrogen) atoms. The van der Waals surface area contributed by atoms with Crippen molar-refractivity contribution in [2.75, 3.05) is 23.4 Å². The number of anilines is 2. The Morgan fingerprint density at radius 2 is 1.68 bits per heavy atom. The van der Waals surface area contributed by atoms with E-state index in [2.05, 4.69) is 20.9 Å². The van der Waals surface area contributed by atoms with Gasteiger partial charge in [0.1, 0.15) is 11.9 Å². The topological polar surface area (TPSA) is 155 Å². The Kier molecular flexibility index (Phi) is 9.33. The van der Waals surface area contributed by atoms with Gasteiger partial charge in [-0.15, -0.1) is 0 Å². The molecule has 0 unspecified atom stereocenters. The van der Waals surface area contributed by atoms with Gasteiger partial charge in [-0.05, 0) is 48.4 Å². The molecule has 0 spiro atoms. The molecule has 2 amide bonds. The predicted molar refractivity (Wildman–Crippen MR) is 139 cm³/mol. The Labute approximate surface area is 215 Å². The molecule has 0 saturated heterocycles. The summed E-state index contributed by atoms with van der Waals surface area (Å²) in [5, 5.41) is 17.9. The molecule has 0 aliphatic carbocycles. The van der Waals surface area contributed by atoms with E-state index in [4.69, 9.17) is 0 Å². The minimum absolute atomic E-state index is 0.0322. The molecular formula is C26H28N4O6S. The van der Waals surface area contributed by atoms with E-state index >= 15 is 0 Å². The van der Waals surface area contributed by atoms with Crippen LogP contribution in [0.15, 0.2) is 77.8 Å². The van der Waals surface area contributed by atoms with Crippen molar-refractivity contribution in [1.82, 2.24) is 10.3 Å². The quantitative estimate of drug-likeness (QED) is 0.264. The number of carboxylic acid groups (broad SMARTS) is 1. The smallest absolute Gasteiger partial charge is 0.326 e. The molecule has 1 aromatic heterocycles. The van der Waals surface area contributed by atoms with Gasteiger partial charge < -0.3 is 21.1 Å². The zero-order valence-corrected chi connectivity index (χ0v) is 21.0. The molecule has 0 saturated carbocycles. The minimum atomic E-state index is -3.68. The molecule has 194 valence electrons. The molecule has 0 aliphatic heterocycles. The standard InChI is InChI=1S/C26H28N4O6S/c1-37(35,36)22-8-3-2-7-20(22)25(32)30-21(26(33)34)17-18-11-13-19(14-12-18)29-24(31)10-6-16-28-23-9-4-5-15-27-23/h2-5,7-9,11-15,21H,6,10,16-17H2,1H3,(H,27,28)(H,29,31)(H,30,32)(H,33,34)/t21-/m0/s1. The highest BCUT2D eigenvalue weighted by molar-refractivity contribution is 7.90. The third-order valence-electron chi connectivity index (χ3n) is 5.36. The molecular weight excluding hydrogens is 496 g/mol. The van der Waals surface area contributed by atoms with Gasteiger partial charge in [-0.3, -0.25) is 9.59 Å². The molecule has 10 nitrogen and oxygen atoms in total. The summed E-state index contributed by atoms with van der Waals surface area (Å²) >= 11 is 0. The number of aromatic nitrogens is 1. The van der Waals surface area contributed by atoms with Crippen molar-refractivity contribution in [2.45, 2.75) is 30.2 Å². The van der Waals surface area contributed by atoms with Crippen molar-refractivity contribution in [3.63, 3.8) is 0 Å². The maximum absolute atomic E-state index is 12.7. The lowest BCUT2D eigenvalue weighted by Crippen LogP contribution is -2.42. The summed E-state index contributed by atoms with van der Waals surface area (Å²) in [6, 6.07) is 16.5. The van der Waals surface area contributed by atoms with Crippen LogP contribution in [0.2, 0.25) is 0 Å². The van der Waals surface area contributed by atoms with Crippen molar-refractivity contribution in [3.8, 4) is 0 Å². The SMILES string of the molecule is CS(=O)(=O)c1ccccc1C(=O)N[C@@H](Cc1ccc(NC(=O)CCCNc2ccccn2)cc1)C(=O)O. The fourth-order valence-electron chi connectivity index (χ4n) is 3.53. The summed E-state index contributed by atoms with van der Waals surface area (Å²) < 4.78 is 24.0. The van der Waals surface area contributed by atoms with Crippen molar-refractivity contribution >= 4 is 39.1 Å². The van der Waals surface area contributed by atoms with Crippen LogP contribution >= 0.6 is 0 Å². The van der Waals surface area contributed by atoms with E-state index in [-0.39, 0.29) is 22.8 Å². The van der Waals surface area contributed by atoms with E-state index in [1.54, 1.807) is 30.5 Å². The molecule has 0 aliphatic rings. The Hall–Kier alpha value is -4.25. The zero-order valence-electron chi connectivity index (χ0n) is 20.2. The average molecular weight is 525 g/mol. The number of carbonyl (C=O) groups is 3. The van der Waals surface area contributed by atoms with Gasteiger partial charge in [-0.25, -0.2) is 18.2 Å². The molecule has 1 atom stereocenters. The van der Waals surface area contributed by atoms with Gasteiger partial charge >= 0.3 is 5.97 Å². The molecule has 2 aromatic carbocycles. The van der Waals surface area contributed by atoms with E-state index in [0.717, 1.165) is 12.1 Å². The predicted octanol–water partition coefficient (Wildman–Crippen LogP) is 2.74. The third-order valence-corrected chi connectivity index (χ3v) is 6.52. The van der Waals surface area contributed by atoms with E-state index in [1.807, 2.05) is 18.2 Å². The largest absolute Gasteiger partial charge is 0.480 e. The van der Waals surface area contributed by atoms with Crippen LogP contribution in [-0.2, 0) is 25.8 Å². The summed E-state index contributed by atoms with van der Waals surface area (Å²) in [5.74, 6) is -1.47. The van der Waals surface area contributed by atoms with E-state index in [0.29, 0.717) is 30.6 Å². The molecule has 3 aromatic rings. The van der Waals surface area contributed by atoms with Crippen molar-refractivity contribution in [3.05, 3.63) is 84.1 Å². The normalized spacial score (nSPS) is 11.8. The lowest BCUT2D eigenvalue weighted by molar-refractivity contribution is -0.139. The van der Waals surface area contributed by atoms with Gasteiger partial charge in [0.2, 0.25) is 5.91 Å². The number of nitrogens with one attached hydrogen (secondary N) is 3. The van der Waals surface area contributed by atoms with Gasteiger partial charge in [0, 0.05) is 37.5 Å². The fourth-order valence-corrected chi connectivity index (χ4v) is 4.42. The Morgan fingerprint density at radius 3 is 2.32 bits per heavy atom. The number of aliphatic carboxylic acids is 1. The second-order valence-electron chi connectivity index (χ2n) is 8.33. The third kappa shape index (κ3) is 8.43. The van der Waals surface area contributed by atoms with Crippen LogP contribution in [0.3, 0.4) is 0 Å². The lowest BCUT2D eigenvalue weighted by atomic mass is 10.0. The zero-order chi connectivity index (χ0) is 26.8. The highest BCUT2D eigenvalue weighted by atomic mass is 32.2. The maximum Gasteiger partial charge on any atom is 0.326 e. The van der Waals surface area contributed by atoms with Crippen molar-refractivity contribution < 1.29 is 27.9 Å². The minimum Gasteiger partial charge on any atom is -0.480 e. The number of rotatable bonds is 12. The first kappa shape index (κ1) is 27.3. The van der Waals surface area contributed by atoms with Crippen LogP contribution in [0.25, 0.3) is 0 Å². The number of nitrogens with zero attached hydrogens (tertiary/aromatic N) is 1. The van der Waals surface area contributed by atoms with Crippen LogP contribution in [-0.4, -0.2) is 55.1 Å². The van der Waals surface area contributed by atoms with Crippen LogP contribution in [0.5, 0.6) is 0 Å². The van der Waals surface area contributed by atoms with E-state index < -0.39 is 27.8 Å². The fraction of sp³-hybridized carbons (Fsp3) is 0.231. The van der Waals surface area contributed by atoms with Gasteiger partial charge in [-0.2, -0.15) is 0 Å². The number of amides is 2. The Morgan fingerprint density at radius 1 is 0.973 bits per heavy atom. The van der Waals surface area contributed by atoms with Crippen LogP contribution < -0.4 is 16.0 Å². The summed E-state index contributed by atoms with van der Waals surface area (Å²) in [6.07, 6.45) is 3.55. The van der Waals surface area contributed by atoms with Gasteiger partial charge in [-0.1, -0.05) is 30.3 Å². The number of hydrogen-bond acceptors (Lipinski definition) is 7. The van der Waals surface area contributed by atoms with Crippen LogP contribution in [0, 0.1) is 0 Å². The number of hydrogen-bond donors (Lipinski definition) is 4. The summed E-state index contributed by atoms with van der Waals surface area (Å²) in [5.41, 5.74) is 1.05. The number of pyridine rings is 1. The highest BCUT2D eigenvalue weighted by Gasteiger charge is 2.24. The summed E-state index contributed by atoms with van der Waals surface area (Å²) in [6.45, 7) is 0.598. The first-order valence-electron chi connectivity index (χ1n) is 11.5. The molecule has 0 radical (unpaired) electrons. The summed E-state index contributed by atoms with van der Waals surface area (Å²) in [4.78, 5) is 40.7. The van der Waals surface area contributed by atoms with E-state index in [9.17, 15) is 27.9 Å². The molecule has 3 rings (SSSR count). The van der Waals surface area contributed by atoms with Crippen molar-refractivity contribution in [1.29, 1.82) is 0 Å². The number of carboxylic acids is 1. The number of carbonyl (C=O) groups excluding carboxylic acids is 2. The van der Waals surface area contributed by atoms with Gasteiger partial charge in [0.25, 0.3) is 5.91 Å². The van der Waals surface area contributed by atoms with Crippen LogP contribution in [0.1, 0.15) is 28.8 Å². The van der Waals surface area contributed by atoms with E-state index in [1.165, 1.54) is 24.3 Å². The Bertz CT molecular complexity index is 1340. The average Bonchev–Trinajstić information content (AvgIpc) is 2.87. The highest BCUT2D eigenvalue weighted by Crippen LogP contribution is 2.16. The van der Waals surface area contributed by atoms with Gasteiger partial charge in [0.15, 0.2) is 9.84 Å².